The minimum Gasteiger partial charge on any atom is -0.490 e. The van der Waals surface area contributed by atoms with E-state index in [1.807, 2.05) is 48.5 Å². The van der Waals surface area contributed by atoms with E-state index in [4.69, 9.17) is 18.9 Å². The maximum Gasteiger partial charge on any atom is 0.207 e. The Morgan fingerprint density at radius 3 is 1.42 bits per heavy atom. The van der Waals surface area contributed by atoms with Gasteiger partial charge in [-0.25, -0.2) is 8.42 Å². The molecule has 168 valence electrons. The number of sulfone groups is 1. The number of hydrogen-bond acceptors (Lipinski definition) is 6. The molecule has 2 heterocycles. The van der Waals surface area contributed by atoms with Crippen LogP contribution in [0, 0.1) is 0 Å². The number of benzene rings is 4. The van der Waals surface area contributed by atoms with Gasteiger partial charge in [0.2, 0.25) is 9.84 Å². The smallest absolute Gasteiger partial charge is 0.207 e. The van der Waals surface area contributed by atoms with Gasteiger partial charge in [-0.1, -0.05) is 48.5 Å². The van der Waals surface area contributed by atoms with Gasteiger partial charge in [0.1, 0.15) is 36.9 Å². The van der Waals surface area contributed by atoms with Crippen molar-refractivity contribution in [1.82, 2.24) is 0 Å². The van der Waals surface area contributed by atoms with Crippen molar-refractivity contribution in [1.29, 1.82) is 0 Å². The summed E-state index contributed by atoms with van der Waals surface area (Å²) in [6.45, 7) is 2.30. The van der Waals surface area contributed by atoms with Crippen LogP contribution in [0.3, 0.4) is 0 Å². The van der Waals surface area contributed by atoms with Crippen molar-refractivity contribution in [2.45, 2.75) is 22.0 Å². The molecule has 6 rings (SSSR count). The molecule has 2 atom stereocenters. The topological polar surface area (TPSA) is 77.7 Å². The summed E-state index contributed by atoms with van der Waals surface area (Å²) in [4.78, 5) is 0.497. The highest BCUT2D eigenvalue weighted by molar-refractivity contribution is 7.92. The van der Waals surface area contributed by atoms with Gasteiger partial charge in [0.05, 0.1) is 23.0 Å². The van der Waals surface area contributed by atoms with Crippen LogP contribution in [-0.2, 0) is 19.3 Å². The first-order chi connectivity index (χ1) is 16.1. The third-order valence-corrected chi connectivity index (χ3v) is 7.79. The summed E-state index contributed by atoms with van der Waals surface area (Å²) in [5, 5.41) is 2.77. The van der Waals surface area contributed by atoms with Crippen molar-refractivity contribution in [3.8, 4) is 11.5 Å². The molecule has 0 aromatic heterocycles. The lowest BCUT2D eigenvalue weighted by Crippen LogP contribution is -2.08. The van der Waals surface area contributed by atoms with Gasteiger partial charge < -0.3 is 18.9 Å². The van der Waals surface area contributed by atoms with E-state index in [0.29, 0.717) is 48.7 Å². The van der Waals surface area contributed by atoms with Crippen LogP contribution in [0.2, 0.25) is 0 Å². The summed E-state index contributed by atoms with van der Waals surface area (Å²) in [6, 6.07) is 21.5. The summed E-state index contributed by atoms with van der Waals surface area (Å²) in [7, 11) is -3.82. The number of fused-ring (bicyclic) bond motifs is 2. The van der Waals surface area contributed by atoms with E-state index < -0.39 is 9.84 Å². The maximum absolute atomic E-state index is 13.9. The monoisotopic (exact) mass is 462 g/mol. The van der Waals surface area contributed by atoms with Gasteiger partial charge in [-0.3, -0.25) is 0 Å². The van der Waals surface area contributed by atoms with Crippen molar-refractivity contribution < 1.29 is 27.4 Å². The van der Waals surface area contributed by atoms with Crippen LogP contribution < -0.4 is 9.47 Å². The zero-order valence-corrected chi connectivity index (χ0v) is 18.6. The second-order valence-corrected chi connectivity index (χ2v) is 10.1. The first-order valence-electron chi connectivity index (χ1n) is 10.9. The molecule has 0 radical (unpaired) electrons. The molecule has 7 heteroatoms. The van der Waals surface area contributed by atoms with E-state index in [1.54, 1.807) is 24.3 Å². The Labute approximate surface area is 191 Å². The van der Waals surface area contributed by atoms with Crippen molar-refractivity contribution in [3.05, 3.63) is 72.8 Å². The first-order valence-corrected chi connectivity index (χ1v) is 12.4. The summed E-state index contributed by atoms with van der Waals surface area (Å²) < 4.78 is 50.1. The largest absolute Gasteiger partial charge is 0.490 e. The minimum absolute atomic E-state index is 0.116. The Bertz CT molecular complexity index is 1350. The molecule has 2 fully saturated rings. The number of epoxide rings is 2. The van der Waals surface area contributed by atoms with Crippen LogP contribution in [0.25, 0.3) is 21.5 Å². The van der Waals surface area contributed by atoms with Gasteiger partial charge in [-0.15, -0.1) is 0 Å². The molecule has 2 unspecified atom stereocenters. The van der Waals surface area contributed by atoms with Crippen molar-refractivity contribution >= 4 is 31.4 Å². The summed E-state index contributed by atoms with van der Waals surface area (Å²) in [5.41, 5.74) is 0. The molecule has 6 nitrogen and oxygen atoms in total. The number of rotatable bonds is 8. The highest BCUT2D eigenvalue weighted by Gasteiger charge is 2.27. The highest BCUT2D eigenvalue weighted by atomic mass is 32.2. The summed E-state index contributed by atoms with van der Waals surface area (Å²) >= 11 is 0. The molecule has 2 saturated heterocycles. The molecule has 0 saturated carbocycles. The lowest BCUT2D eigenvalue weighted by Gasteiger charge is -2.15. The average molecular weight is 463 g/mol. The number of hydrogen-bond donors (Lipinski definition) is 0. The molecular weight excluding hydrogens is 440 g/mol. The van der Waals surface area contributed by atoms with Gasteiger partial charge in [-0.05, 0) is 24.3 Å². The zero-order chi connectivity index (χ0) is 22.4. The fourth-order valence-electron chi connectivity index (χ4n) is 4.02. The molecule has 2 aliphatic rings. The molecule has 33 heavy (non-hydrogen) atoms. The summed E-state index contributed by atoms with van der Waals surface area (Å²) in [6.07, 6.45) is 0.233. The third-order valence-electron chi connectivity index (χ3n) is 5.92. The van der Waals surface area contributed by atoms with Crippen LogP contribution in [0.1, 0.15) is 0 Å². The molecule has 2 aliphatic heterocycles. The minimum atomic E-state index is -3.82. The van der Waals surface area contributed by atoms with Crippen LogP contribution in [0.15, 0.2) is 82.6 Å². The van der Waals surface area contributed by atoms with Crippen LogP contribution >= 0.6 is 0 Å². The second-order valence-electron chi connectivity index (χ2n) is 8.25. The normalized spacial score (nSPS) is 19.5. The molecular formula is C26H22O6S. The maximum atomic E-state index is 13.9. The Kier molecular flexibility index (Phi) is 4.98. The molecule has 0 N–H and O–H groups in total. The van der Waals surface area contributed by atoms with Crippen molar-refractivity contribution in [2.75, 3.05) is 26.4 Å². The molecule has 4 aromatic carbocycles. The van der Waals surface area contributed by atoms with Crippen molar-refractivity contribution in [3.63, 3.8) is 0 Å². The standard InChI is InChI=1S/C26H22O6S/c27-33(28,25-11-9-23(31-15-17-13-29-17)19-5-1-3-7-21(19)25)26-12-10-24(32-16-18-14-30-18)20-6-2-4-8-22(20)26/h1-12,17-18H,13-16H2. The van der Waals surface area contributed by atoms with E-state index in [2.05, 4.69) is 0 Å². The average Bonchev–Trinajstić information content (AvgIpc) is 3.76. The van der Waals surface area contributed by atoms with Crippen LogP contribution in [-0.4, -0.2) is 47.1 Å². The Morgan fingerprint density at radius 1 is 0.636 bits per heavy atom. The highest BCUT2D eigenvalue weighted by Crippen LogP contribution is 2.38. The molecule has 4 aromatic rings. The predicted molar refractivity (Wildman–Crippen MR) is 124 cm³/mol. The molecule has 0 spiro atoms. The van der Waals surface area contributed by atoms with Crippen LogP contribution in [0.5, 0.6) is 11.5 Å². The van der Waals surface area contributed by atoms with Crippen LogP contribution in [0.4, 0.5) is 0 Å². The zero-order valence-electron chi connectivity index (χ0n) is 17.8. The fourth-order valence-corrected chi connectivity index (χ4v) is 5.69. The number of ether oxygens (including phenoxy) is 4. The second kappa shape index (κ2) is 8.02. The van der Waals surface area contributed by atoms with Gasteiger partial charge in [0.25, 0.3) is 0 Å². The lowest BCUT2D eigenvalue weighted by atomic mass is 10.1. The first kappa shape index (κ1) is 20.5. The predicted octanol–water partition coefficient (Wildman–Crippen LogP) is 4.38. The fraction of sp³-hybridized carbons (Fsp3) is 0.231. The van der Waals surface area contributed by atoms with Gasteiger partial charge >= 0.3 is 0 Å². The van der Waals surface area contributed by atoms with E-state index in [0.717, 1.165) is 10.8 Å². The Hall–Kier alpha value is -3.13. The van der Waals surface area contributed by atoms with E-state index in [-0.39, 0.29) is 22.0 Å². The Balaban J connectivity index is 1.45. The SMILES string of the molecule is O=S(=O)(c1ccc(OCC2CO2)c2ccccc12)c1ccc(OCC2CO2)c2ccccc12. The summed E-state index contributed by atoms with van der Waals surface area (Å²) in [5.74, 6) is 1.30. The molecule has 0 amide bonds. The van der Waals surface area contributed by atoms with E-state index in [1.165, 1.54) is 0 Å². The van der Waals surface area contributed by atoms with E-state index >= 15 is 0 Å². The lowest BCUT2D eigenvalue weighted by molar-refractivity contribution is 0.265. The molecule has 0 bridgehead atoms. The van der Waals surface area contributed by atoms with E-state index in [9.17, 15) is 8.42 Å². The quantitative estimate of drug-likeness (QED) is 0.362. The van der Waals surface area contributed by atoms with Crippen molar-refractivity contribution in [2.24, 2.45) is 0 Å². The third kappa shape index (κ3) is 3.93. The van der Waals surface area contributed by atoms with Gasteiger partial charge in [0.15, 0.2) is 0 Å². The van der Waals surface area contributed by atoms with Gasteiger partial charge in [-0.2, -0.15) is 0 Å². The van der Waals surface area contributed by atoms with Gasteiger partial charge in [0, 0.05) is 21.5 Å². The Morgan fingerprint density at radius 2 is 1.03 bits per heavy atom. The molecule has 0 aliphatic carbocycles.